The van der Waals surface area contributed by atoms with Crippen LogP contribution in [0.2, 0.25) is 0 Å². The average Bonchev–Trinajstić information content (AvgIpc) is 2.88. The van der Waals surface area contributed by atoms with Crippen LogP contribution in [-0.4, -0.2) is 29.0 Å². The summed E-state index contributed by atoms with van der Waals surface area (Å²) in [5, 5.41) is 0.423. The van der Waals surface area contributed by atoms with Gasteiger partial charge in [-0.25, -0.2) is 4.79 Å². The van der Waals surface area contributed by atoms with E-state index in [9.17, 15) is 19.2 Å². The topological polar surface area (TPSA) is 99.2 Å². The summed E-state index contributed by atoms with van der Waals surface area (Å²) in [6, 6.07) is 3.43. The van der Waals surface area contributed by atoms with E-state index in [1.807, 2.05) is 0 Å². The van der Waals surface area contributed by atoms with Crippen LogP contribution in [0.15, 0.2) is 12.1 Å². The molecule has 0 saturated carbocycles. The number of hydrogen-bond donors (Lipinski definition) is 0. The fourth-order valence-electron chi connectivity index (χ4n) is 2.37. The first-order valence-corrected chi connectivity index (χ1v) is 7.83. The highest BCUT2D eigenvalue weighted by Crippen LogP contribution is 2.25. The zero-order valence-electron chi connectivity index (χ0n) is 14.3. The Balaban J connectivity index is 1.96. The number of ether oxygens (including phenoxy) is 2. The molecular formula is C17H19NO7. The quantitative estimate of drug-likeness (QED) is 0.457. The zero-order valence-corrected chi connectivity index (χ0v) is 14.3. The molecule has 2 rings (SSSR count). The van der Waals surface area contributed by atoms with Crippen molar-refractivity contribution in [3.05, 3.63) is 28.8 Å². The highest BCUT2D eigenvalue weighted by molar-refractivity contribution is 6.01. The lowest BCUT2D eigenvalue weighted by Crippen LogP contribution is -2.32. The van der Waals surface area contributed by atoms with Crippen LogP contribution in [0.4, 0.5) is 4.79 Å². The van der Waals surface area contributed by atoms with Crippen molar-refractivity contribution in [3.63, 3.8) is 0 Å². The summed E-state index contributed by atoms with van der Waals surface area (Å²) in [7, 11) is 0. The Hall–Kier alpha value is -2.90. The van der Waals surface area contributed by atoms with Gasteiger partial charge in [-0.3, -0.25) is 19.2 Å². The van der Waals surface area contributed by atoms with Crippen molar-refractivity contribution in [1.82, 2.24) is 5.06 Å². The molecule has 134 valence electrons. The molecule has 25 heavy (non-hydrogen) atoms. The third-order valence-electron chi connectivity index (χ3n) is 3.55. The highest BCUT2D eigenvalue weighted by Gasteiger charge is 2.33. The van der Waals surface area contributed by atoms with Gasteiger partial charge in [0.25, 0.3) is 11.8 Å². The minimum absolute atomic E-state index is 0.0163. The summed E-state index contributed by atoms with van der Waals surface area (Å²) in [6.07, 6.45) is -0.839. The lowest BCUT2D eigenvalue weighted by atomic mass is 10.1. The molecule has 1 aromatic rings. The van der Waals surface area contributed by atoms with Gasteiger partial charge >= 0.3 is 12.1 Å². The Kier molecular flexibility index (Phi) is 5.74. The van der Waals surface area contributed by atoms with Gasteiger partial charge in [-0.05, 0) is 42.7 Å². The lowest BCUT2D eigenvalue weighted by Gasteiger charge is -2.14. The third-order valence-corrected chi connectivity index (χ3v) is 3.55. The summed E-state index contributed by atoms with van der Waals surface area (Å²) in [4.78, 5) is 50.4. The Morgan fingerprint density at radius 2 is 1.64 bits per heavy atom. The van der Waals surface area contributed by atoms with E-state index in [4.69, 9.17) is 9.47 Å². The summed E-state index contributed by atoms with van der Waals surface area (Å²) >= 11 is 0. The van der Waals surface area contributed by atoms with E-state index in [-0.39, 0.29) is 31.8 Å². The molecular weight excluding hydrogens is 330 g/mol. The standard InChI is InChI=1S/C17H19NO7/c1-4-15(21)24-16-10(2)7-12(8-11(16)3)9-23-17(22)25-18-13(19)5-6-14(18)20/h7-8H,4-6,9H2,1-3H3. The van der Waals surface area contributed by atoms with Gasteiger partial charge in [-0.15, -0.1) is 0 Å². The van der Waals surface area contributed by atoms with Gasteiger partial charge in [0, 0.05) is 19.3 Å². The first-order chi connectivity index (χ1) is 11.8. The van der Waals surface area contributed by atoms with E-state index in [1.165, 1.54) is 0 Å². The van der Waals surface area contributed by atoms with Crippen LogP contribution in [0.25, 0.3) is 0 Å². The van der Waals surface area contributed by atoms with E-state index in [0.717, 1.165) is 11.1 Å². The third kappa shape index (κ3) is 4.56. The molecule has 1 aliphatic heterocycles. The van der Waals surface area contributed by atoms with E-state index in [1.54, 1.807) is 32.9 Å². The Morgan fingerprint density at radius 3 is 2.16 bits per heavy atom. The van der Waals surface area contributed by atoms with Crippen LogP contribution in [0.5, 0.6) is 5.75 Å². The second-order valence-electron chi connectivity index (χ2n) is 5.60. The normalized spacial score (nSPS) is 13.8. The molecule has 8 heteroatoms. The molecule has 1 aliphatic rings. The number of imide groups is 1. The predicted octanol–water partition coefficient (Wildman–Crippen LogP) is 2.34. The van der Waals surface area contributed by atoms with E-state index >= 15 is 0 Å². The van der Waals surface area contributed by atoms with Crippen LogP contribution < -0.4 is 4.74 Å². The van der Waals surface area contributed by atoms with E-state index < -0.39 is 18.0 Å². The first kappa shape index (κ1) is 18.4. The van der Waals surface area contributed by atoms with Gasteiger partial charge in [0.15, 0.2) is 0 Å². The molecule has 0 aliphatic carbocycles. The van der Waals surface area contributed by atoms with Gasteiger partial charge in [-0.1, -0.05) is 12.0 Å². The molecule has 0 aromatic heterocycles. The summed E-state index contributed by atoms with van der Waals surface area (Å²) in [5.41, 5.74) is 2.10. The number of carbonyl (C=O) groups is 4. The maximum absolute atomic E-state index is 11.6. The molecule has 2 amide bonds. The van der Waals surface area contributed by atoms with Crippen LogP contribution in [0, 0.1) is 13.8 Å². The maximum Gasteiger partial charge on any atom is 0.534 e. The van der Waals surface area contributed by atoms with Gasteiger partial charge in [0.2, 0.25) is 0 Å². The van der Waals surface area contributed by atoms with Crippen LogP contribution in [-0.2, 0) is 30.6 Å². The van der Waals surface area contributed by atoms with Crippen molar-refractivity contribution in [2.45, 2.75) is 46.6 Å². The van der Waals surface area contributed by atoms with Crippen molar-refractivity contribution in [2.24, 2.45) is 0 Å². The van der Waals surface area contributed by atoms with Crippen molar-refractivity contribution >= 4 is 23.9 Å². The van der Waals surface area contributed by atoms with Crippen LogP contribution in [0.1, 0.15) is 42.9 Å². The summed E-state index contributed by atoms with van der Waals surface area (Å²) in [5.74, 6) is -1.00. The minimum Gasteiger partial charge on any atom is -0.428 e. The number of benzene rings is 1. The van der Waals surface area contributed by atoms with Crippen LogP contribution >= 0.6 is 0 Å². The number of rotatable bonds is 5. The summed E-state index contributed by atoms with van der Waals surface area (Å²) in [6.45, 7) is 5.14. The first-order valence-electron chi connectivity index (χ1n) is 7.83. The smallest absolute Gasteiger partial charge is 0.428 e. The molecule has 0 spiro atoms. The second kappa shape index (κ2) is 7.78. The maximum atomic E-state index is 11.6. The molecule has 1 heterocycles. The van der Waals surface area contributed by atoms with Crippen molar-refractivity contribution in [2.75, 3.05) is 0 Å². The number of hydroxylamine groups is 2. The molecule has 8 nitrogen and oxygen atoms in total. The van der Waals surface area contributed by atoms with Crippen LogP contribution in [0.3, 0.4) is 0 Å². The van der Waals surface area contributed by atoms with Crippen molar-refractivity contribution < 1.29 is 33.5 Å². The van der Waals surface area contributed by atoms with E-state index in [0.29, 0.717) is 16.4 Å². The van der Waals surface area contributed by atoms with Crippen molar-refractivity contribution in [1.29, 1.82) is 0 Å². The molecule has 0 N–H and O–H groups in total. The molecule has 0 bridgehead atoms. The second-order valence-corrected chi connectivity index (χ2v) is 5.60. The highest BCUT2D eigenvalue weighted by atomic mass is 16.8. The SMILES string of the molecule is CCC(=O)Oc1c(C)cc(COC(=O)ON2C(=O)CCC2=O)cc1C. The van der Waals surface area contributed by atoms with Gasteiger partial charge in [0.1, 0.15) is 12.4 Å². The Labute approximate surface area is 144 Å². The predicted molar refractivity (Wildman–Crippen MR) is 84.2 cm³/mol. The Morgan fingerprint density at radius 1 is 1.08 bits per heavy atom. The lowest BCUT2D eigenvalue weighted by molar-refractivity contribution is -0.177. The number of aryl methyl sites for hydroxylation is 2. The van der Waals surface area contributed by atoms with Crippen molar-refractivity contribution in [3.8, 4) is 5.75 Å². The van der Waals surface area contributed by atoms with Gasteiger partial charge in [0.05, 0.1) is 0 Å². The number of hydrogen-bond acceptors (Lipinski definition) is 7. The van der Waals surface area contributed by atoms with E-state index in [2.05, 4.69) is 4.84 Å². The largest absolute Gasteiger partial charge is 0.534 e. The number of amides is 2. The molecule has 0 radical (unpaired) electrons. The molecule has 0 atom stereocenters. The number of carbonyl (C=O) groups excluding carboxylic acids is 4. The molecule has 1 fully saturated rings. The monoisotopic (exact) mass is 349 g/mol. The average molecular weight is 349 g/mol. The fraction of sp³-hybridized carbons (Fsp3) is 0.412. The molecule has 1 aromatic carbocycles. The number of nitrogens with zero attached hydrogens (tertiary/aromatic N) is 1. The zero-order chi connectivity index (χ0) is 18.6. The van der Waals surface area contributed by atoms with Gasteiger partial charge < -0.3 is 9.47 Å². The summed E-state index contributed by atoms with van der Waals surface area (Å²) < 4.78 is 10.2. The fourth-order valence-corrected chi connectivity index (χ4v) is 2.37. The molecule has 1 saturated heterocycles. The molecule has 0 unspecified atom stereocenters. The van der Waals surface area contributed by atoms with Gasteiger partial charge in [-0.2, -0.15) is 0 Å². The number of esters is 1. The Bertz CT molecular complexity index is 687. The minimum atomic E-state index is -1.14.